The fourth-order valence-electron chi connectivity index (χ4n) is 2.96. The number of hydrogen-bond donors (Lipinski definition) is 1. The Morgan fingerprint density at radius 1 is 1.15 bits per heavy atom. The van der Waals surface area contributed by atoms with E-state index in [1.54, 1.807) is 12.1 Å². The first-order valence-electron chi connectivity index (χ1n) is 7.44. The number of halogens is 2. The largest absolute Gasteiger partial charge is 0.329 e. The van der Waals surface area contributed by atoms with Crippen LogP contribution < -0.4 is 5.73 Å². The fraction of sp³-hybridized carbons (Fsp3) is 0.625. The lowest BCUT2D eigenvalue weighted by Crippen LogP contribution is -2.34. The molecule has 0 radical (unpaired) electrons. The van der Waals surface area contributed by atoms with E-state index in [0.29, 0.717) is 6.54 Å². The maximum atomic E-state index is 12.6. The summed E-state index contributed by atoms with van der Waals surface area (Å²) in [5.74, 6) is 0.764. The summed E-state index contributed by atoms with van der Waals surface area (Å²) < 4.78 is 25.2. The van der Waals surface area contributed by atoms with Crippen LogP contribution in [0.4, 0.5) is 8.78 Å². The van der Waals surface area contributed by atoms with E-state index in [2.05, 4.69) is 11.8 Å². The Balaban J connectivity index is 2.10. The number of rotatable bonds is 4. The van der Waals surface area contributed by atoms with Gasteiger partial charge in [-0.2, -0.15) is 0 Å². The summed E-state index contributed by atoms with van der Waals surface area (Å²) in [6.07, 6.45) is 1.23. The van der Waals surface area contributed by atoms with E-state index < -0.39 is 6.43 Å². The zero-order valence-electron chi connectivity index (χ0n) is 12.1. The lowest BCUT2D eigenvalue weighted by molar-refractivity contribution is 0.151. The molecule has 0 aliphatic carbocycles. The Kier molecular flexibility index (Phi) is 5.49. The average Bonchev–Trinajstić information content (AvgIpc) is 2.65. The zero-order valence-corrected chi connectivity index (χ0v) is 12.1. The molecule has 1 aliphatic rings. The standard InChI is InChI=1S/C16H24F2N2/c1-12-3-2-9-20(10-8-12)15(11-19)13-4-6-14(7-5-13)16(17)18/h4-7,12,15-16H,2-3,8-11,19H2,1H3. The molecule has 2 N–H and O–H groups in total. The first-order chi connectivity index (χ1) is 9.61. The van der Waals surface area contributed by atoms with Gasteiger partial charge in [-0.15, -0.1) is 0 Å². The first-order valence-corrected chi connectivity index (χ1v) is 7.44. The second-order valence-electron chi connectivity index (χ2n) is 5.79. The maximum absolute atomic E-state index is 12.6. The molecule has 20 heavy (non-hydrogen) atoms. The van der Waals surface area contributed by atoms with E-state index in [1.165, 1.54) is 31.4 Å². The van der Waals surface area contributed by atoms with Crippen LogP contribution in [0, 0.1) is 5.92 Å². The summed E-state index contributed by atoms with van der Waals surface area (Å²) in [6.45, 7) is 4.91. The van der Waals surface area contributed by atoms with Crippen LogP contribution in [0.15, 0.2) is 24.3 Å². The Labute approximate surface area is 120 Å². The Hall–Kier alpha value is -1.00. The molecule has 2 rings (SSSR count). The van der Waals surface area contributed by atoms with Crippen molar-refractivity contribution in [2.45, 2.75) is 38.7 Å². The van der Waals surface area contributed by atoms with Gasteiger partial charge in [0, 0.05) is 18.2 Å². The molecule has 1 aliphatic heterocycles. The number of alkyl halides is 2. The summed E-state index contributed by atoms with van der Waals surface area (Å²) in [4.78, 5) is 2.40. The number of likely N-dealkylation sites (tertiary alicyclic amines) is 1. The van der Waals surface area contributed by atoms with Crippen LogP contribution in [-0.2, 0) is 0 Å². The van der Waals surface area contributed by atoms with Crippen LogP contribution in [0.1, 0.15) is 49.8 Å². The fourth-order valence-corrected chi connectivity index (χ4v) is 2.96. The second kappa shape index (κ2) is 7.14. The van der Waals surface area contributed by atoms with Crippen molar-refractivity contribution >= 4 is 0 Å². The van der Waals surface area contributed by atoms with Crippen molar-refractivity contribution in [3.05, 3.63) is 35.4 Å². The third-order valence-corrected chi connectivity index (χ3v) is 4.29. The van der Waals surface area contributed by atoms with Gasteiger partial charge < -0.3 is 5.73 Å². The van der Waals surface area contributed by atoms with Crippen LogP contribution in [0.3, 0.4) is 0 Å². The van der Waals surface area contributed by atoms with Gasteiger partial charge in [0.25, 0.3) is 6.43 Å². The minimum Gasteiger partial charge on any atom is -0.329 e. The highest BCUT2D eigenvalue weighted by molar-refractivity contribution is 5.26. The smallest absolute Gasteiger partial charge is 0.263 e. The molecule has 4 heteroatoms. The molecule has 1 aromatic carbocycles. The topological polar surface area (TPSA) is 29.3 Å². The molecular formula is C16H24F2N2. The van der Waals surface area contributed by atoms with E-state index in [-0.39, 0.29) is 11.6 Å². The number of hydrogen-bond acceptors (Lipinski definition) is 2. The van der Waals surface area contributed by atoms with Gasteiger partial charge in [-0.1, -0.05) is 31.2 Å². The Morgan fingerprint density at radius 2 is 1.80 bits per heavy atom. The monoisotopic (exact) mass is 282 g/mol. The molecule has 0 amide bonds. The van der Waals surface area contributed by atoms with Crippen LogP contribution in [-0.4, -0.2) is 24.5 Å². The van der Waals surface area contributed by atoms with Crippen molar-refractivity contribution in [2.75, 3.05) is 19.6 Å². The number of nitrogens with two attached hydrogens (primary N) is 1. The molecule has 1 heterocycles. The van der Waals surface area contributed by atoms with Gasteiger partial charge in [0.1, 0.15) is 0 Å². The van der Waals surface area contributed by atoms with Crippen molar-refractivity contribution in [1.29, 1.82) is 0 Å². The Morgan fingerprint density at radius 3 is 2.40 bits per heavy atom. The summed E-state index contributed by atoms with van der Waals surface area (Å²) >= 11 is 0. The molecule has 2 nitrogen and oxygen atoms in total. The molecule has 1 saturated heterocycles. The van der Waals surface area contributed by atoms with E-state index in [9.17, 15) is 8.78 Å². The van der Waals surface area contributed by atoms with Crippen molar-refractivity contribution in [3.63, 3.8) is 0 Å². The summed E-state index contributed by atoms with van der Waals surface area (Å²) in [5.41, 5.74) is 7.05. The molecule has 1 aromatic rings. The molecule has 2 unspecified atom stereocenters. The van der Waals surface area contributed by atoms with Crippen LogP contribution >= 0.6 is 0 Å². The number of benzene rings is 1. The molecule has 1 fully saturated rings. The van der Waals surface area contributed by atoms with Crippen LogP contribution in [0.25, 0.3) is 0 Å². The summed E-state index contributed by atoms with van der Waals surface area (Å²) in [5, 5.41) is 0. The summed E-state index contributed by atoms with van der Waals surface area (Å²) in [6, 6.07) is 6.78. The zero-order chi connectivity index (χ0) is 14.5. The molecule has 0 saturated carbocycles. The van der Waals surface area contributed by atoms with Crippen molar-refractivity contribution < 1.29 is 8.78 Å². The van der Waals surface area contributed by atoms with Crippen LogP contribution in [0.5, 0.6) is 0 Å². The second-order valence-corrected chi connectivity index (χ2v) is 5.79. The van der Waals surface area contributed by atoms with E-state index in [4.69, 9.17) is 5.73 Å². The highest BCUT2D eigenvalue weighted by Gasteiger charge is 2.22. The van der Waals surface area contributed by atoms with Crippen molar-refractivity contribution in [3.8, 4) is 0 Å². The van der Waals surface area contributed by atoms with E-state index in [0.717, 1.165) is 24.6 Å². The normalized spacial score (nSPS) is 22.8. The molecule has 0 spiro atoms. The van der Waals surface area contributed by atoms with E-state index in [1.807, 2.05) is 0 Å². The third-order valence-electron chi connectivity index (χ3n) is 4.29. The minimum atomic E-state index is -2.40. The molecule has 0 bridgehead atoms. The highest BCUT2D eigenvalue weighted by Crippen LogP contribution is 2.27. The van der Waals surface area contributed by atoms with E-state index >= 15 is 0 Å². The molecular weight excluding hydrogens is 258 g/mol. The lowest BCUT2D eigenvalue weighted by atomic mass is 10.0. The van der Waals surface area contributed by atoms with Crippen LogP contribution in [0.2, 0.25) is 0 Å². The molecule has 2 atom stereocenters. The van der Waals surface area contributed by atoms with Crippen molar-refractivity contribution in [1.82, 2.24) is 4.90 Å². The van der Waals surface area contributed by atoms with Gasteiger partial charge in [0.05, 0.1) is 0 Å². The summed E-state index contributed by atoms with van der Waals surface area (Å²) in [7, 11) is 0. The van der Waals surface area contributed by atoms with Gasteiger partial charge in [-0.05, 0) is 43.8 Å². The SMILES string of the molecule is CC1CCCN(C(CN)c2ccc(C(F)F)cc2)CC1. The van der Waals surface area contributed by atoms with Gasteiger partial charge in [-0.3, -0.25) is 4.90 Å². The third kappa shape index (κ3) is 3.76. The first kappa shape index (κ1) is 15.4. The van der Waals surface area contributed by atoms with Gasteiger partial charge >= 0.3 is 0 Å². The predicted octanol–water partition coefficient (Wildman–Crippen LogP) is 3.75. The maximum Gasteiger partial charge on any atom is 0.263 e. The van der Waals surface area contributed by atoms with Gasteiger partial charge in [0.2, 0.25) is 0 Å². The quantitative estimate of drug-likeness (QED) is 0.911. The lowest BCUT2D eigenvalue weighted by Gasteiger charge is -2.30. The van der Waals surface area contributed by atoms with Gasteiger partial charge in [-0.25, -0.2) is 8.78 Å². The van der Waals surface area contributed by atoms with Crippen molar-refractivity contribution in [2.24, 2.45) is 11.7 Å². The van der Waals surface area contributed by atoms with Gasteiger partial charge in [0.15, 0.2) is 0 Å². The number of nitrogens with zero attached hydrogens (tertiary/aromatic N) is 1. The minimum absolute atomic E-state index is 0.0778. The Bertz CT molecular complexity index is 405. The predicted molar refractivity (Wildman–Crippen MR) is 77.8 cm³/mol. The molecule has 0 aromatic heterocycles. The molecule has 112 valence electrons. The highest BCUT2D eigenvalue weighted by atomic mass is 19.3. The average molecular weight is 282 g/mol.